The highest BCUT2D eigenvalue weighted by atomic mass is 16.7. The van der Waals surface area contributed by atoms with E-state index < -0.39 is 49.5 Å². The largest absolute Gasteiger partial charge is 0.394 e. The lowest BCUT2D eigenvalue weighted by atomic mass is 9.99. The van der Waals surface area contributed by atoms with Crippen molar-refractivity contribution in [3.05, 3.63) is 24.3 Å². The van der Waals surface area contributed by atoms with Crippen molar-refractivity contribution in [1.29, 1.82) is 0 Å². The Labute approximate surface area is 298 Å². The van der Waals surface area contributed by atoms with Crippen molar-refractivity contribution in [1.82, 2.24) is 5.32 Å². The second-order valence-corrected chi connectivity index (χ2v) is 14.1. The van der Waals surface area contributed by atoms with Gasteiger partial charge in [-0.15, -0.1) is 0 Å². The van der Waals surface area contributed by atoms with Crippen molar-refractivity contribution in [2.75, 3.05) is 13.2 Å². The molecule has 49 heavy (non-hydrogen) atoms. The molecule has 0 aliphatic carbocycles. The van der Waals surface area contributed by atoms with E-state index in [-0.39, 0.29) is 12.5 Å². The van der Waals surface area contributed by atoms with Crippen LogP contribution in [0.4, 0.5) is 0 Å². The Morgan fingerprint density at radius 3 is 1.67 bits per heavy atom. The Morgan fingerprint density at radius 1 is 0.673 bits per heavy atom. The van der Waals surface area contributed by atoms with Gasteiger partial charge in [0.15, 0.2) is 6.29 Å². The average molecular weight is 698 g/mol. The number of rotatable bonds is 32. The van der Waals surface area contributed by atoms with Crippen LogP contribution in [0.25, 0.3) is 0 Å². The quantitative estimate of drug-likeness (QED) is 0.0320. The highest BCUT2D eigenvalue weighted by Crippen LogP contribution is 2.22. The first-order chi connectivity index (χ1) is 23.8. The maximum absolute atomic E-state index is 12.9. The van der Waals surface area contributed by atoms with E-state index in [1.165, 1.54) is 89.9 Å². The first-order valence-corrected chi connectivity index (χ1v) is 20.1. The van der Waals surface area contributed by atoms with Crippen LogP contribution in [-0.4, -0.2) is 87.5 Å². The van der Waals surface area contributed by atoms with Crippen LogP contribution in [0.15, 0.2) is 24.3 Å². The average Bonchev–Trinajstić information content (AvgIpc) is 3.10. The number of carbonyl (C=O) groups is 1. The number of aliphatic hydroxyl groups is 5. The Morgan fingerprint density at radius 2 is 1.14 bits per heavy atom. The van der Waals surface area contributed by atoms with Crippen molar-refractivity contribution in [2.45, 2.75) is 211 Å². The molecular formula is C40H75NO8. The number of allylic oxidation sites excluding steroid dienone is 3. The van der Waals surface area contributed by atoms with Gasteiger partial charge in [-0.05, 0) is 44.9 Å². The molecule has 7 atom stereocenters. The molecule has 9 nitrogen and oxygen atoms in total. The lowest BCUT2D eigenvalue weighted by Crippen LogP contribution is -2.60. The summed E-state index contributed by atoms with van der Waals surface area (Å²) in [6.07, 6.45) is 27.8. The van der Waals surface area contributed by atoms with Crippen LogP contribution < -0.4 is 5.32 Å². The van der Waals surface area contributed by atoms with Crippen molar-refractivity contribution in [2.24, 2.45) is 0 Å². The SMILES string of the molecule is CCCCCCC=CCCCCCC=C[C@@H](O)[C@H](CO[C@@H]1OC(CO)[C@@H](O)[C@@H](O)C1O)NC(=O)CCCCCCCCCCCCCCC. The molecule has 0 spiro atoms. The van der Waals surface area contributed by atoms with Gasteiger partial charge in [-0.25, -0.2) is 0 Å². The standard InChI is InChI=1S/C40H75NO8/c1-3-5-7-9-11-13-15-17-19-21-23-25-27-29-34(43)33(32-48-40-39(47)38(46)37(45)35(31-42)49-40)41-36(44)30-28-26-24-22-20-18-16-14-12-10-8-6-4-2/h13,15,27,29,33-35,37-40,42-43,45-47H,3-12,14,16-26,28,30-32H2,1-2H3,(H,41,44)/t33-,34+,35?,37+,38+,39?,40+/m0/s1. The molecule has 1 amide bonds. The maximum atomic E-state index is 12.9. The molecule has 288 valence electrons. The van der Waals surface area contributed by atoms with E-state index in [0.29, 0.717) is 6.42 Å². The van der Waals surface area contributed by atoms with Crippen molar-refractivity contribution >= 4 is 5.91 Å². The van der Waals surface area contributed by atoms with Crippen LogP contribution in [0.2, 0.25) is 0 Å². The molecule has 0 radical (unpaired) electrons. The predicted molar refractivity (Wildman–Crippen MR) is 198 cm³/mol. The van der Waals surface area contributed by atoms with Crippen LogP contribution in [0.5, 0.6) is 0 Å². The zero-order valence-corrected chi connectivity index (χ0v) is 31.2. The maximum Gasteiger partial charge on any atom is 0.220 e. The Kier molecular flexibility index (Phi) is 29.3. The fourth-order valence-corrected chi connectivity index (χ4v) is 6.21. The van der Waals surface area contributed by atoms with Crippen molar-refractivity contribution < 1.29 is 39.8 Å². The van der Waals surface area contributed by atoms with Crippen LogP contribution >= 0.6 is 0 Å². The third-order valence-electron chi connectivity index (χ3n) is 9.52. The van der Waals surface area contributed by atoms with Crippen LogP contribution in [0, 0.1) is 0 Å². The van der Waals surface area contributed by atoms with Gasteiger partial charge in [0.05, 0.1) is 25.4 Å². The summed E-state index contributed by atoms with van der Waals surface area (Å²) in [5.41, 5.74) is 0. The molecule has 1 aliphatic rings. The summed E-state index contributed by atoms with van der Waals surface area (Å²) in [6.45, 7) is 3.72. The Hall–Kier alpha value is -1.33. The molecule has 0 aromatic carbocycles. The van der Waals surface area contributed by atoms with E-state index in [1.54, 1.807) is 6.08 Å². The highest BCUT2D eigenvalue weighted by Gasteiger charge is 2.44. The number of hydrogen-bond donors (Lipinski definition) is 6. The molecule has 1 saturated heterocycles. The second-order valence-electron chi connectivity index (χ2n) is 14.1. The molecule has 0 aromatic rings. The highest BCUT2D eigenvalue weighted by molar-refractivity contribution is 5.76. The van der Waals surface area contributed by atoms with E-state index in [0.717, 1.165) is 57.8 Å². The predicted octanol–water partition coefficient (Wildman–Crippen LogP) is 7.16. The lowest BCUT2D eigenvalue weighted by Gasteiger charge is -2.40. The molecule has 6 N–H and O–H groups in total. The number of nitrogens with one attached hydrogen (secondary N) is 1. The zero-order valence-electron chi connectivity index (χ0n) is 31.2. The molecular weight excluding hydrogens is 622 g/mol. The summed E-state index contributed by atoms with van der Waals surface area (Å²) in [5, 5.41) is 53.9. The third kappa shape index (κ3) is 23.0. The van der Waals surface area contributed by atoms with E-state index in [1.807, 2.05) is 6.08 Å². The van der Waals surface area contributed by atoms with Gasteiger partial charge in [0, 0.05) is 6.42 Å². The monoisotopic (exact) mass is 698 g/mol. The molecule has 1 aliphatic heterocycles. The van der Waals surface area contributed by atoms with Crippen LogP contribution in [0.1, 0.15) is 168 Å². The van der Waals surface area contributed by atoms with Gasteiger partial charge >= 0.3 is 0 Å². The number of carbonyl (C=O) groups excluding carboxylic acids is 1. The third-order valence-corrected chi connectivity index (χ3v) is 9.52. The summed E-state index contributed by atoms with van der Waals surface area (Å²) < 4.78 is 11.2. The van der Waals surface area contributed by atoms with Crippen molar-refractivity contribution in [3.8, 4) is 0 Å². The topological polar surface area (TPSA) is 149 Å². The molecule has 1 rings (SSSR count). The first kappa shape index (κ1) is 45.7. The minimum Gasteiger partial charge on any atom is -0.394 e. The number of unbranched alkanes of at least 4 members (excludes halogenated alkanes) is 20. The summed E-state index contributed by atoms with van der Waals surface area (Å²) in [6, 6.07) is -0.805. The molecule has 2 unspecified atom stereocenters. The van der Waals surface area contributed by atoms with Crippen LogP contribution in [0.3, 0.4) is 0 Å². The fraction of sp³-hybridized carbons (Fsp3) is 0.875. The summed E-state index contributed by atoms with van der Waals surface area (Å²) in [7, 11) is 0. The molecule has 9 heteroatoms. The number of amides is 1. The smallest absolute Gasteiger partial charge is 0.220 e. The van der Waals surface area contributed by atoms with Crippen molar-refractivity contribution in [3.63, 3.8) is 0 Å². The molecule has 0 saturated carbocycles. The van der Waals surface area contributed by atoms with Gasteiger partial charge in [0.1, 0.15) is 24.4 Å². The van der Waals surface area contributed by atoms with Gasteiger partial charge in [-0.3, -0.25) is 4.79 Å². The van der Waals surface area contributed by atoms with Crippen LogP contribution in [-0.2, 0) is 14.3 Å². The van der Waals surface area contributed by atoms with E-state index in [4.69, 9.17) is 9.47 Å². The van der Waals surface area contributed by atoms with E-state index in [9.17, 15) is 30.3 Å². The van der Waals surface area contributed by atoms with Gasteiger partial charge in [-0.2, -0.15) is 0 Å². The summed E-state index contributed by atoms with van der Waals surface area (Å²) in [5.74, 6) is -0.184. The normalized spacial score (nSPS) is 22.6. The molecule has 1 fully saturated rings. The van der Waals surface area contributed by atoms with Gasteiger partial charge in [0.25, 0.3) is 0 Å². The molecule has 1 heterocycles. The first-order valence-electron chi connectivity index (χ1n) is 20.1. The molecule has 0 aromatic heterocycles. The van der Waals surface area contributed by atoms with Gasteiger partial charge in [0.2, 0.25) is 5.91 Å². The Balaban J connectivity index is 2.45. The zero-order chi connectivity index (χ0) is 36.0. The van der Waals surface area contributed by atoms with E-state index in [2.05, 4.69) is 31.3 Å². The number of hydrogen-bond acceptors (Lipinski definition) is 8. The minimum atomic E-state index is -1.56. The lowest BCUT2D eigenvalue weighted by molar-refractivity contribution is -0.302. The van der Waals surface area contributed by atoms with Gasteiger partial charge in [-0.1, -0.05) is 141 Å². The Bertz CT molecular complexity index is 822. The molecule has 0 bridgehead atoms. The number of aliphatic hydroxyl groups excluding tert-OH is 5. The minimum absolute atomic E-state index is 0.184. The number of ether oxygens (including phenoxy) is 2. The summed E-state index contributed by atoms with van der Waals surface area (Å²) >= 11 is 0. The summed E-state index contributed by atoms with van der Waals surface area (Å²) in [4.78, 5) is 12.9. The fourth-order valence-electron chi connectivity index (χ4n) is 6.21. The van der Waals surface area contributed by atoms with Gasteiger partial charge < -0.3 is 40.3 Å². The van der Waals surface area contributed by atoms with E-state index >= 15 is 0 Å². The second kappa shape index (κ2) is 31.4.